The number of hydrogen-bond donors (Lipinski definition) is 1. The molecule has 0 bridgehead atoms. The summed E-state index contributed by atoms with van der Waals surface area (Å²) in [6.45, 7) is 1.23. The van der Waals surface area contributed by atoms with Crippen LogP contribution in [0, 0.1) is 5.82 Å². The summed E-state index contributed by atoms with van der Waals surface area (Å²) in [5.41, 5.74) is 1.39. The van der Waals surface area contributed by atoms with Gasteiger partial charge in [0, 0.05) is 12.1 Å². The number of nitrogens with zero attached hydrogens (tertiary/aromatic N) is 1. The van der Waals surface area contributed by atoms with Crippen molar-refractivity contribution in [3.63, 3.8) is 0 Å². The molecule has 0 amide bonds. The molecule has 2 aromatic rings. The van der Waals surface area contributed by atoms with Crippen LogP contribution in [0.1, 0.15) is 41.3 Å². The number of aliphatic hydroxyl groups is 1. The highest BCUT2D eigenvalue weighted by molar-refractivity contribution is 6.00. The van der Waals surface area contributed by atoms with Gasteiger partial charge in [-0.15, -0.1) is 0 Å². The predicted molar refractivity (Wildman–Crippen MR) is 91.3 cm³/mol. The molecule has 0 spiro atoms. The van der Waals surface area contributed by atoms with Crippen molar-refractivity contribution >= 4 is 5.78 Å². The third-order valence-corrected chi connectivity index (χ3v) is 4.64. The Morgan fingerprint density at radius 3 is 2.54 bits per heavy atom. The van der Waals surface area contributed by atoms with E-state index in [0.717, 1.165) is 31.4 Å². The summed E-state index contributed by atoms with van der Waals surface area (Å²) in [5.74, 6) is -0.332. The first-order valence-corrected chi connectivity index (χ1v) is 8.42. The zero-order chi connectivity index (χ0) is 16.9. The standard InChI is InChI=1S/C20H22FNO2/c21-17-11-9-16(10-12-17)20(24)18-8-4-5-13-22(18)14-19(23)15-6-2-1-3-7-15/h1-3,6-7,9-12,18-19,23H,4-5,8,13-14H2. The molecule has 1 heterocycles. The first-order chi connectivity index (χ1) is 11.6. The van der Waals surface area contributed by atoms with E-state index in [0.29, 0.717) is 12.1 Å². The number of carbonyl (C=O) groups is 1. The Morgan fingerprint density at radius 1 is 1.12 bits per heavy atom. The lowest BCUT2D eigenvalue weighted by Gasteiger charge is -2.36. The molecule has 2 aromatic carbocycles. The van der Waals surface area contributed by atoms with Gasteiger partial charge in [-0.2, -0.15) is 0 Å². The number of piperidine rings is 1. The molecule has 2 unspecified atom stereocenters. The summed E-state index contributed by atoms with van der Waals surface area (Å²) in [5, 5.41) is 10.5. The number of hydrogen-bond acceptors (Lipinski definition) is 3. The predicted octanol–water partition coefficient (Wildman–Crippen LogP) is 3.60. The summed E-state index contributed by atoms with van der Waals surface area (Å²) in [6, 6.07) is 15.0. The fourth-order valence-corrected chi connectivity index (χ4v) is 3.32. The largest absolute Gasteiger partial charge is 0.387 e. The quantitative estimate of drug-likeness (QED) is 0.853. The maximum absolute atomic E-state index is 13.1. The molecule has 4 heteroatoms. The number of β-amino-alcohol motifs (C(OH)–C–C–N with tert-alkyl or cyclic N) is 1. The lowest BCUT2D eigenvalue weighted by Crippen LogP contribution is -2.46. The highest BCUT2D eigenvalue weighted by Gasteiger charge is 2.30. The Hall–Kier alpha value is -2.04. The molecular formula is C20H22FNO2. The van der Waals surface area contributed by atoms with Crippen molar-refractivity contribution in [3.8, 4) is 0 Å². The normalized spacial score (nSPS) is 19.8. The molecule has 0 radical (unpaired) electrons. The van der Waals surface area contributed by atoms with Gasteiger partial charge in [0.1, 0.15) is 5.82 Å². The van der Waals surface area contributed by atoms with E-state index < -0.39 is 6.10 Å². The van der Waals surface area contributed by atoms with Gasteiger partial charge in [-0.05, 0) is 49.2 Å². The first kappa shape index (κ1) is 16.8. The van der Waals surface area contributed by atoms with Crippen LogP contribution in [0.5, 0.6) is 0 Å². The molecule has 1 fully saturated rings. The Kier molecular flexibility index (Phi) is 5.38. The fourth-order valence-electron chi connectivity index (χ4n) is 3.32. The van der Waals surface area contributed by atoms with Crippen molar-refractivity contribution in [3.05, 3.63) is 71.5 Å². The van der Waals surface area contributed by atoms with Crippen LogP contribution in [-0.4, -0.2) is 34.9 Å². The Balaban J connectivity index is 1.73. The molecule has 126 valence electrons. The number of halogens is 1. The lowest BCUT2D eigenvalue weighted by molar-refractivity contribution is 0.0537. The Bertz CT molecular complexity index is 672. The van der Waals surface area contributed by atoms with Crippen molar-refractivity contribution in [2.75, 3.05) is 13.1 Å². The van der Waals surface area contributed by atoms with Crippen molar-refractivity contribution in [2.45, 2.75) is 31.4 Å². The molecule has 0 saturated carbocycles. The van der Waals surface area contributed by atoms with E-state index in [1.54, 1.807) is 0 Å². The summed E-state index contributed by atoms with van der Waals surface area (Å²) in [4.78, 5) is 14.9. The molecule has 1 saturated heterocycles. The van der Waals surface area contributed by atoms with Crippen molar-refractivity contribution < 1.29 is 14.3 Å². The van der Waals surface area contributed by atoms with E-state index in [1.807, 2.05) is 30.3 Å². The molecule has 24 heavy (non-hydrogen) atoms. The average molecular weight is 327 g/mol. The summed E-state index contributed by atoms with van der Waals surface area (Å²) in [7, 11) is 0. The molecule has 1 N–H and O–H groups in total. The summed E-state index contributed by atoms with van der Waals surface area (Å²) in [6.07, 6.45) is 2.18. The third-order valence-electron chi connectivity index (χ3n) is 4.64. The number of carbonyl (C=O) groups excluding carboxylic acids is 1. The van der Waals surface area contributed by atoms with E-state index in [2.05, 4.69) is 4.90 Å². The minimum atomic E-state index is -0.618. The van der Waals surface area contributed by atoms with Gasteiger partial charge < -0.3 is 5.11 Å². The van der Waals surface area contributed by atoms with Gasteiger partial charge in [-0.3, -0.25) is 9.69 Å². The van der Waals surface area contributed by atoms with Gasteiger partial charge in [0.15, 0.2) is 5.78 Å². The van der Waals surface area contributed by atoms with Crippen molar-refractivity contribution in [1.29, 1.82) is 0 Å². The van der Waals surface area contributed by atoms with Gasteiger partial charge in [-0.1, -0.05) is 36.8 Å². The maximum Gasteiger partial charge on any atom is 0.179 e. The van der Waals surface area contributed by atoms with Gasteiger partial charge in [0.2, 0.25) is 0 Å². The molecule has 3 nitrogen and oxygen atoms in total. The molecular weight excluding hydrogens is 305 g/mol. The number of benzene rings is 2. The highest BCUT2D eigenvalue weighted by atomic mass is 19.1. The van der Waals surface area contributed by atoms with Gasteiger partial charge in [0.25, 0.3) is 0 Å². The van der Waals surface area contributed by atoms with E-state index in [4.69, 9.17) is 0 Å². The first-order valence-electron chi connectivity index (χ1n) is 8.42. The van der Waals surface area contributed by atoms with E-state index >= 15 is 0 Å². The molecule has 1 aliphatic heterocycles. The number of ketones is 1. The minimum Gasteiger partial charge on any atom is -0.387 e. The van der Waals surface area contributed by atoms with Gasteiger partial charge in [-0.25, -0.2) is 4.39 Å². The maximum atomic E-state index is 13.1. The number of aliphatic hydroxyl groups excluding tert-OH is 1. The van der Waals surface area contributed by atoms with Crippen molar-refractivity contribution in [2.24, 2.45) is 0 Å². The Morgan fingerprint density at radius 2 is 1.83 bits per heavy atom. The van der Waals surface area contributed by atoms with Crippen LogP contribution in [0.25, 0.3) is 0 Å². The second kappa shape index (κ2) is 7.69. The molecule has 0 aliphatic carbocycles. The van der Waals surface area contributed by atoms with Crippen LogP contribution in [-0.2, 0) is 0 Å². The zero-order valence-corrected chi connectivity index (χ0v) is 13.6. The van der Waals surface area contributed by atoms with Crippen LogP contribution in [0.15, 0.2) is 54.6 Å². The summed E-state index contributed by atoms with van der Waals surface area (Å²) < 4.78 is 13.1. The third kappa shape index (κ3) is 3.89. The van der Waals surface area contributed by atoms with Crippen LogP contribution in [0.3, 0.4) is 0 Å². The smallest absolute Gasteiger partial charge is 0.179 e. The summed E-state index contributed by atoms with van der Waals surface area (Å²) >= 11 is 0. The van der Waals surface area contributed by atoms with Crippen LogP contribution >= 0.6 is 0 Å². The van der Waals surface area contributed by atoms with Crippen molar-refractivity contribution in [1.82, 2.24) is 4.90 Å². The molecule has 3 rings (SSSR count). The van der Waals surface area contributed by atoms with E-state index in [1.165, 1.54) is 24.3 Å². The number of Topliss-reactive ketones (excluding diaryl/α,β-unsaturated/α-hetero) is 1. The topological polar surface area (TPSA) is 40.5 Å². The monoisotopic (exact) mass is 327 g/mol. The second-order valence-electron chi connectivity index (χ2n) is 6.30. The van der Waals surface area contributed by atoms with E-state index in [-0.39, 0.29) is 17.6 Å². The van der Waals surface area contributed by atoms with Gasteiger partial charge in [0.05, 0.1) is 12.1 Å². The van der Waals surface area contributed by atoms with Crippen LogP contribution < -0.4 is 0 Å². The SMILES string of the molecule is O=C(c1ccc(F)cc1)C1CCCCN1CC(O)c1ccccc1. The second-order valence-corrected chi connectivity index (χ2v) is 6.30. The van der Waals surface area contributed by atoms with E-state index in [9.17, 15) is 14.3 Å². The fraction of sp³-hybridized carbons (Fsp3) is 0.350. The average Bonchev–Trinajstić information content (AvgIpc) is 2.63. The van der Waals surface area contributed by atoms with Crippen LogP contribution in [0.2, 0.25) is 0 Å². The molecule has 1 aliphatic rings. The van der Waals surface area contributed by atoms with Crippen LogP contribution in [0.4, 0.5) is 4.39 Å². The number of likely N-dealkylation sites (tertiary alicyclic amines) is 1. The number of rotatable bonds is 5. The highest BCUT2D eigenvalue weighted by Crippen LogP contribution is 2.24. The lowest BCUT2D eigenvalue weighted by atomic mass is 9.93. The molecule has 2 atom stereocenters. The zero-order valence-electron chi connectivity index (χ0n) is 13.6. The molecule has 0 aromatic heterocycles. The van der Waals surface area contributed by atoms with Gasteiger partial charge >= 0.3 is 0 Å². The minimum absolute atomic E-state index is 0.00922. The Labute approximate surface area is 141 Å².